The van der Waals surface area contributed by atoms with Gasteiger partial charge in [0.15, 0.2) is 0 Å². The number of aromatic amines is 1. The van der Waals surface area contributed by atoms with Crippen molar-refractivity contribution < 1.29 is 9.53 Å². The van der Waals surface area contributed by atoms with E-state index in [2.05, 4.69) is 15.3 Å². The van der Waals surface area contributed by atoms with Gasteiger partial charge in [0.1, 0.15) is 11.4 Å². The fraction of sp³-hybridized carbons (Fsp3) is 0.0417. The van der Waals surface area contributed by atoms with E-state index >= 15 is 0 Å². The summed E-state index contributed by atoms with van der Waals surface area (Å²) in [5, 5.41) is 7.57. The first kappa shape index (κ1) is 18.6. The highest BCUT2D eigenvalue weighted by Crippen LogP contribution is 2.32. The van der Waals surface area contributed by atoms with Crippen molar-refractivity contribution in [3.8, 4) is 22.7 Å². The smallest absolute Gasteiger partial charge is 0.261 e. The van der Waals surface area contributed by atoms with Crippen LogP contribution >= 0.6 is 0 Å². The minimum atomic E-state index is -0.317. The number of H-pyrrole nitrogens is 1. The molecule has 0 aliphatic rings. The summed E-state index contributed by atoms with van der Waals surface area (Å²) in [6.45, 7) is 0. The molecule has 2 aromatic heterocycles. The van der Waals surface area contributed by atoms with Crippen molar-refractivity contribution in [1.82, 2.24) is 19.7 Å². The molecule has 0 radical (unpaired) electrons. The Labute approximate surface area is 178 Å². The lowest BCUT2D eigenvalue weighted by atomic mass is 10.1. The maximum atomic E-state index is 13.3. The maximum absolute atomic E-state index is 13.3. The molecule has 7 nitrogen and oxygen atoms in total. The molecule has 3 aromatic carbocycles. The van der Waals surface area contributed by atoms with Crippen LogP contribution in [0.2, 0.25) is 0 Å². The van der Waals surface area contributed by atoms with Crippen molar-refractivity contribution in [1.29, 1.82) is 0 Å². The minimum Gasteiger partial charge on any atom is -0.496 e. The molecule has 152 valence electrons. The van der Waals surface area contributed by atoms with Gasteiger partial charge in [0.25, 0.3) is 5.91 Å². The molecule has 0 atom stereocenters. The third kappa shape index (κ3) is 3.53. The van der Waals surface area contributed by atoms with Crippen LogP contribution in [0.25, 0.3) is 28.0 Å². The van der Waals surface area contributed by atoms with Gasteiger partial charge in [-0.2, -0.15) is 5.10 Å². The highest BCUT2D eigenvalue weighted by molar-refractivity contribution is 6.08. The van der Waals surface area contributed by atoms with Crippen LogP contribution in [0.1, 0.15) is 10.4 Å². The molecule has 0 unspecified atom stereocenters. The zero-order chi connectivity index (χ0) is 21.2. The molecule has 0 aliphatic carbocycles. The second-order valence-electron chi connectivity index (χ2n) is 6.93. The predicted octanol–water partition coefficient (Wildman–Crippen LogP) is 4.68. The van der Waals surface area contributed by atoms with E-state index < -0.39 is 0 Å². The average Bonchev–Trinajstić information content (AvgIpc) is 3.43. The Kier molecular flexibility index (Phi) is 4.68. The first-order chi connectivity index (χ1) is 15.2. The minimum absolute atomic E-state index is 0.317. The monoisotopic (exact) mass is 409 g/mol. The summed E-state index contributed by atoms with van der Waals surface area (Å²) in [6, 6.07) is 24.7. The number of para-hydroxylation sites is 4. The number of amides is 1. The topological polar surface area (TPSA) is 84.8 Å². The quantitative estimate of drug-likeness (QED) is 0.442. The number of anilines is 1. The zero-order valence-corrected chi connectivity index (χ0v) is 16.7. The Morgan fingerprint density at radius 1 is 0.968 bits per heavy atom. The van der Waals surface area contributed by atoms with Crippen LogP contribution in [0.3, 0.4) is 0 Å². The molecular formula is C24H19N5O2. The van der Waals surface area contributed by atoms with Gasteiger partial charge in [-0.25, -0.2) is 9.67 Å². The Morgan fingerprint density at radius 2 is 1.71 bits per heavy atom. The standard InChI is InChI=1S/C24H19N5O2/c1-31-21-14-8-5-11-17(21)22-18(15-29(28-22)16-9-3-2-4-10-16)23(30)27-24-25-19-12-6-7-13-20(19)26-24/h2-15H,1H3,(H2,25,26,27,30). The zero-order valence-electron chi connectivity index (χ0n) is 16.7. The van der Waals surface area contributed by atoms with Crippen molar-refractivity contribution in [3.63, 3.8) is 0 Å². The third-order valence-electron chi connectivity index (χ3n) is 4.96. The highest BCUT2D eigenvalue weighted by Gasteiger charge is 2.22. The van der Waals surface area contributed by atoms with Crippen molar-refractivity contribution in [2.75, 3.05) is 12.4 Å². The summed E-state index contributed by atoms with van der Waals surface area (Å²) in [5.74, 6) is 0.699. The number of fused-ring (bicyclic) bond motifs is 1. The SMILES string of the molecule is COc1ccccc1-c1nn(-c2ccccc2)cc1C(=O)Nc1nc2ccccc2[nH]1. The number of aromatic nitrogens is 4. The first-order valence-corrected chi connectivity index (χ1v) is 9.77. The van der Waals surface area contributed by atoms with E-state index in [1.165, 1.54) is 0 Å². The first-order valence-electron chi connectivity index (χ1n) is 9.77. The lowest BCUT2D eigenvalue weighted by Gasteiger charge is -2.07. The van der Waals surface area contributed by atoms with E-state index in [0.29, 0.717) is 23.0 Å². The van der Waals surface area contributed by atoms with Gasteiger partial charge in [-0.05, 0) is 36.4 Å². The van der Waals surface area contributed by atoms with E-state index in [0.717, 1.165) is 22.3 Å². The fourth-order valence-electron chi connectivity index (χ4n) is 3.48. The molecule has 0 saturated carbocycles. The summed E-state index contributed by atoms with van der Waals surface area (Å²) >= 11 is 0. The number of carbonyl (C=O) groups excluding carboxylic acids is 1. The van der Waals surface area contributed by atoms with Crippen molar-refractivity contribution in [3.05, 3.63) is 90.6 Å². The van der Waals surface area contributed by atoms with E-state index in [1.54, 1.807) is 18.0 Å². The second-order valence-corrected chi connectivity index (χ2v) is 6.93. The summed E-state index contributed by atoms with van der Waals surface area (Å²) in [5.41, 5.74) is 4.14. The number of benzene rings is 3. The van der Waals surface area contributed by atoms with Gasteiger partial charge in [-0.1, -0.05) is 42.5 Å². The normalized spacial score (nSPS) is 10.9. The van der Waals surface area contributed by atoms with Crippen LogP contribution in [0.15, 0.2) is 85.1 Å². The predicted molar refractivity (Wildman–Crippen MR) is 120 cm³/mol. The Morgan fingerprint density at radius 3 is 2.52 bits per heavy atom. The molecule has 1 amide bonds. The van der Waals surface area contributed by atoms with Gasteiger partial charge in [0, 0.05) is 11.8 Å². The lowest BCUT2D eigenvalue weighted by molar-refractivity contribution is 0.102. The van der Waals surface area contributed by atoms with Gasteiger partial charge in [0.2, 0.25) is 5.95 Å². The Bertz CT molecular complexity index is 1340. The Hall–Kier alpha value is -4.39. The van der Waals surface area contributed by atoms with Crippen LogP contribution in [0.5, 0.6) is 5.75 Å². The molecule has 5 rings (SSSR count). The molecule has 7 heteroatoms. The molecule has 2 N–H and O–H groups in total. The van der Waals surface area contributed by atoms with Gasteiger partial charge < -0.3 is 9.72 Å². The van der Waals surface area contributed by atoms with Crippen LogP contribution < -0.4 is 10.1 Å². The molecule has 0 saturated heterocycles. The van der Waals surface area contributed by atoms with E-state index in [1.807, 2.05) is 78.9 Å². The largest absolute Gasteiger partial charge is 0.496 e. The second kappa shape index (κ2) is 7.79. The highest BCUT2D eigenvalue weighted by atomic mass is 16.5. The molecule has 5 aromatic rings. The number of ether oxygens (including phenoxy) is 1. The van der Waals surface area contributed by atoms with Gasteiger partial charge in [-0.15, -0.1) is 0 Å². The molecule has 0 aliphatic heterocycles. The third-order valence-corrected chi connectivity index (χ3v) is 4.96. The fourth-order valence-corrected chi connectivity index (χ4v) is 3.48. The summed E-state index contributed by atoms with van der Waals surface area (Å²) in [6.07, 6.45) is 1.72. The average molecular weight is 409 g/mol. The summed E-state index contributed by atoms with van der Waals surface area (Å²) < 4.78 is 7.20. The number of nitrogens with zero attached hydrogens (tertiary/aromatic N) is 3. The number of carbonyl (C=O) groups is 1. The van der Waals surface area contributed by atoms with Crippen LogP contribution in [-0.2, 0) is 0 Å². The van der Waals surface area contributed by atoms with Crippen molar-refractivity contribution in [2.45, 2.75) is 0 Å². The molecule has 2 heterocycles. The summed E-state index contributed by atoms with van der Waals surface area (Å²) in [4.78, 5) is 20.8. The molecule has 0 spiro atoms. The van der Waals surface area contributed by atoms with E-state index in [-0.39, 0.29) is 5.91 Å². The van der Waals surface area contributed by atoms with Gasteiger partial charge in [-0.3, -0.25) is 10.1 Å². The van der Waals surface area contributed by atoms with Crippen LogP contribution in [0, 0.1) is 0 Å². The summed E-state index contributed by atoms with van der Waals surface area (Å²) in [7, 11) is 1.60. The van der Waals surface area contributed by atoms with E-state index in [4.69, 9.17) is 9.84 Å². The Balaban J connectivity index is 1.58. The molecule has 0 bridgehead atoms. The molecular weight excluding hydrogens is 390 g/mol. The van der Waals surface area contributed by atoms with Crippen LogP contribution in [0.4, 0.5) is 5.95 Å². The number of nitrogens with one attached hydrogen (secondary N) is 2. The van der Waals surface area contributed by atoms with Crippen LogP contribution in [-0.4, -0.2) is 32.8 Å². The van der Waals surface area contributed by atoms with Crippen molar-refractivity contribution >= 4 is 22.9 Å². The number of imidazole rings is 1. The lowest BCUT2D eigenvalue weighted by Crippen LogP contribution is -2.13. The van der Waals surface area contributed by atoms with Crippen molar-refractivity contribution in [2.24, 2.45) is 0 Å². The number of rotatable bonds is 5. The van der Waals surface area contributed by atoms with Gasteiger partial charge in [0.05, 0.1) is 29.4 Å². The molecule has 31 heavy (non-hydrogen) atoms. The van der Waals surface area contributed by atoms with Gasteiger partial charge >= 0.3 is 0 Å². The maximum Gasteiger partial charge on any atom is 0.261 e. The number of hydrogen-bond donors (Lipinski definition) is 2. The number of methoxy groups -OCH3 is 1. The van der Waals surface area contributed by atoms with E-state index in [9.17, 15) is 4.79 Å². The molecule has 0 fully saturated rings. The number of hydrogen-bond acceptors (Lipinski definition) is 4.